The Hall–Kier alpha value is -1.51. The molecular formula is C16H23NO2. The Balaban J connectivity index is 1.76. The third kappa shape index (κ3) is 3.98. The number of amides is 1. The molecule has 1 fully saturated rings. The molecule has 0 unspecified atom stereocenters. The molecule has 1 aromatic rings. The highest BCUT2D eigenvalue weighted by Gasteiger charge is 2.25. The number of hydrogen-bond acceptors (Lipinski definition) is 2. The molecular weight excluding hydrogens is 238 g/mol. The van der Waals surface area contributed by atoms with Crippen molar-refractivity contribution in [3.63, 3.8) is 0 Å². The van der Waals surface area contributed by atoms with Crippen LogP contribution in [0.3, 0.4) is 0 Å². The first-order valence-corrected chi connectivity index (χ1v) is 7.12. The minimum atomic E-state index is -0.175. The summed E-state index contributed by atoms with van der Waals surface area (Å²) in [6.45, 7) is 6.54. The third-order valence-electron chi connectivity index (χ3n) is 3.95. The Morgan fingerprint density at radius 3 is 2.47 bits per heavy atom. The number of carbonyl (C=O) groups is 1. The normalized spacial score (nSPS) is 16.7. The number of nitrogens with zero attached hydrogens (tertiary/aromatic N) is 1. The average molecular weight is 261 g/mol. The predicted molar refractivity (Wildman–Crippen MR) is 75.8 cm³/mol. The maximum Gasteiger partial charge on any atom is 0.410 e. The zero-order valence-electron chi connectivity index (χ0n) is 11.8. The number of benzene rings is 1. The van der Waals surface area contributed by atoms with Crippen molar-refractivity contribution in [1.29, 1.82) is 0 Å². The summed E-state index contributed by atoms with van der Waals surface area (Å²) in [6, 6.07) is 9.81. The molecule has 0 atom stereocenters. The first-order valence-electron chi connectivity index (χ1n) is 7.12. The number of likely N-dealkylation sites (tertiary alicyclic amines) is 1. The monoisotopic (exact) mass is 261 g/mol. The summed E-state index contributed by atoms with van der Waals surface area (Å²) in [4.78, 5) is 13.8. The largest absolute Gasteiger partial charge is 0.445 e. The van der Waals surface area contributed by atoms with Crippen LogP contribution in [-0.2, 0) is 11.3 Å². The third-order valence-corrected chi connectivity index (χ3v) is 3.95. The van der Waals surface area contributed by atoms with Crippen LogP contribution in [0.25, 0.3) is 0 Å². The molecule has 1 amide bonds. The van der Waals surface area contributed by atoms with Crippen molar-refractivity contribution in [1.82, 2.24) is 4.90 Å². The van der Waals surface area contributed by atoms with Crippen molar-refractivity contribution in [3.8, 4) is 0 Å². The average Bonchev–Trinajstić information content (AvgIpc) is 2.46. The molecule has 1 aromatic carbocycles. The van der Waals surface area contributed by atoms with Gasteiger partial charge in [0.2, 0.25) is 0 Å². The highest BCUT2D eigenvalue weighted by Crippen LogP contribution is 2.24. The van der Waals surface area contributed by atoms with E-state index in [0.717, 1.165) is 37.4 Å². The topological polar surface area (TPSA) is 29.5 Å². The minimum Gasteiger partial charge on any atom is -0.445 e. The Morgan fingerprint density at radius 2 is 1.89 bits per heavy atom. The van der Waals surface area contributed by atoms with Gasteiger partial charge in [-0.2, -0.15) is 0 Å². The van der Waals surface area contributed by atoms with Crippen LogP contribution in [0.1, 0.15) is 32.3 Å². The van der Waals surface area contributed by atoms with E-state index in [1.807, 2.05) is 35.2 Å². The van der Waals surface area contributed by atoms with Gasteiger partial charge in [-0.05, 0) is 30.2 Å². The summed E-state index contributed by atoms with van der Waals surface area (Å²) in [5.41, 5.74) is 1.04. The van der Waals surface area contributed by atoms with Gasteiger partial charge in [-0.3, -0.25) is 0 Å². The molecule has 0 aromatic heterocycles. The van der Waals surface area contributed by atoms with E-state index in [1.54, 1.807) is 0 Å². The summed E-state index contributed by atoms with van der Waals surface area (Å²) in [6.07, 6.45) is 2.02. The first-order chi connectivity index (χ1) is 9.16. The molecule has 0 aliphatic carbocycles. The molecule has 19 heavy (non-hydrogen) atoms. The van der Waals surface area contributed by atoms with Crippen LogP contribution in [0.5, 0.6) is 0 Å². The van der Waals surface area contributed by atoms with Crippen LogP contribution in [-0.4, -0.2) is 24.1 Å². The molecule has 0 bridgehead atoms. The van der Waals surface area contributed by atoms with E-state index >= 15 is 0 Å². The van der Waals surface area contributed by atoms with E-state index in [-0.39, 0.29) is 6.09 Å². The maximum atomic E-state index is 12.0. The summed E-state index contributed by atoms with van der Waals surface area (Å²) >= 11 is 0. The smallest absolute Gasteiger partial charge is 0.410 e. The molecule has 1 saturated heterocycles. The van der Waals surface area contributed by atoms with Crippen molar-refractivity contribution in [2.75, 3.05) is 13.1 Å². The molecule has 0 N–H and O–H groups in total. The molecule has 1 aliphatic heterocycles. The van der Waals surface area contributed by atoms with E-state index in [4.69, 9.17) is 4.74 Å². The second-order valence-corrected chi connectivity index (χ2v) is 5.61. The lowest BCUT2D eigenvalue weighted by Gasteiger charge is -2.33. The van der Waals surface area contributed by atoms with Gasteiger partial charge < -0.3 is 9.64 Å². The Bertz CT molecular complexity index is 394. The van der Waals surface area contributed by atoms with E-state index in [0.29, 0.717) is 12.5 Å². The minimum absolute atomic E-state index is 0.175. The quantitative estimate of drug-likeness (QED) is 0.830. The maximum absolute atomic E-state index is 12.0. The fraction of sp³-hybridized carbons (Fsp3) is 0.562. The summed E-state index contributed by atoms with van der Waals surface area (Å²) in [7, 11) is 0. The molecule has 2 rings (SSSR count). The predicted octanol–water partition coefficient (Wildman–Crippen LogP) is 3.69. The van der Waals surface area contributed by atoms with Crippen molar-refractivity contribution in [2.45, 2.75) is 33.3 Å². The summed E-state index contributed by atoms with van der Waals surface area (Å²) < 4.78 is 5.35. The van der Waals surface area contributed by atoms with Crippen molar-refractivity contribution >= 4 is 6.09 Å². The van der Waals surface area contributed by atoms with Gasteiger partial charge in [0.1, 0.15) is 6.61 Å². The lowest BCUT2D eigenvalue weighted by molar-refractivity contribution is 0.0776. The van der Waals surface area contributed by atoms with Crippen LogP contribution in [0.15, 0.2) is 30.3 Å². The van der Waals surface area contributed by atoms with Crippen LogP contribution < -0.4 is 0 Å². The molecule has 3 nitrogen and oxygen atoms in total. The lowest BCUT2D eigenvalue weighted by atomic mass is 9.87. The van der Waals surface area contributed by atoms with Crippen LogP contribution >= 0.6 is 0 Å². The summed E-state index contributed by atoms with van der Waals surface area (Å²) in [5, 5.41) is 0. The molecule has 0 saturated carbocycles. The molecule has 0 radical (unpaired) electrons. The van der Waals surface area contributed by atoms with Gasteiger partial charge in [-0.1, -0.05) is 44.2 Å². The van der Waals surface area contributed by atoms with Gasteiger partial charge in [-0.25, -0.2) is 4.79 Å². The molecule has 0 spiro atoms. The second kappa shape index (κ2) is 6.60. The molecule has 3 heteroatoms. The van der Waals surface area contributed by atoms with Crippen molar-refractivity contribution in [3.05, 3.63) is 35.9 Å². The van der Waals surface area contributed by atoms with E-state index < -0.39 is 0 Å². The number of piperidine rings is 1. The van der Waals surface area contributed by atoms with Crippen molar-refractivity contribution in [2.24, 2.45) is 11.8 Å². The summed E-state index contributed by atoms with van der Waals surface area (Å²) in [5.74, 6) is 1.46. The Morgan fingerprint density at radius 1 is 1.26 bits per heavy atom. The highest BCUT2D eigenvalue weighted by atomic mass is 16.6. The van der Waals surface area contributed by atoms with Gasteiger partial charge in [0.25, 0.3) is 0 Å². The molecule has 1 aliphatic rings. The van der Waals surface area contributed by atoms with Gasteiger partial charge in [0, 0.05) is 13.1 Å². The van der Waals surface area contributed by atoms with Crippen molar-refractivity contribution < 1.29 is 9.53 Å². The van der Waals surface area contributed by atoms with Gasteiger partial charge in [0.05, 0.1) is 0 Å². The van der Waals surface area contributed by atoms with Crippen LogP contribution in [0.2, 0.25) is 0 Å². The standard InChI is InChI=1S/C16H23NO2/c1-13(2)15-8-10-17(11-9-15)16(18)19-12-14-6-4-3-5-7-14/h3-7,13,15H,8-12H2,1-2H3. The van der Waals surface area contributed by atoms with Gasteiger partial charge >= 0.3 is 6.09 Å². The highest BCUT2D eigenvalue weighted by molar-refractivity contribution is 5.67. The molecule has 104 valence electrons. The lowest BCUT2D eigenvalue weighted by Crippen LogP contribution is -2.39. The van der Waals surface area contributed by atoms with Gasteiger partial charge in [0.15, 0.2) is 0 Å². The first kappa shape index (κ1) is 13.9. The SMILES string of the molecule is CC(C)C1CCN(C(=O)OCc2ccccc2)CC1. The number of carbonyl (C=O) groups excluding carboxylic acids is 1. The molecule has 1 heterocycles. The Kier molecular flexibility index (Phi) is 4.83. The Labute approximate surface area is 115 Å². The number of rotatable bonds is 3. The van der Waals surface area contributed by atoms with Crippen LogP contribution in [0.4, 0.5) is 4.79 Å². The van der Waals surface area contributed by atoms with E-state index in [2.05, 4.69) is 13.8 Å². The van der Waals surface area contributed by atoms with Crippen LogP contribution in [0, 0.1) is 11.8 Å². The second-order valence-electron chi connectivity index (χ2n) is 5.61. The number of ether oxygens (including phenoxy) is 1. The fourth-order valence-corrected chi connectivity index (χ4v) is 2.56. The zero-order chi connectivity index (χ0) is 13.7. The number of hydrogen-bond donors (Lipinski definition) is 0. The van der Waals surface area contributed by atoms with Gasteiger partial charge in [-0.15, -0.1) is 0 Å². The fourth-order valence-electron chi connectivity index (χ4n) is 2.56. The van der Waals surface area contributed by atoms with E-state index in [9.17, 15) is 4.79 Å². The van der Waals surface area contributed by atoms with E-state index in [1.165, 1.54) is 0 Å². The zero-order valence-corrected chi connectivity index (χ0v) is 11.8.